The molecule has 0 saturated carbocycles. The van der Waals surface area contributed by atoms with E-state index in [1.54, 1.807) is 26.4 Å². The van der Waals surface area contributed by atoms with Gasteiger partial charge in [0.15, 0.2) is 11.5 Å². The first-order valence-electron chi connectivity index (χ1n) is 9.01. The molecule has 0 spiro atoms. The summed E-state index contributed by atoms with van der Waals surface area (Å²) in [4.78, 5) is 14.4. The fourth-order valence-electron chi connectivity index (χ4n) is 3.40. The molecule has 26 heavy (non-hydrogen) atoms. The molecule has 0 atom stereocenters. The molecule has 1 aliphatic rings. The maximum Gasteiger partial charge on any atom is 0.321 e. The third-order valence-corrected chi connectivity index (χ3v) is 4.90. The second-order valence-corrected chi connectivity index (χ2v) is 6.62. The summed E-state index contributed by atoms with van der Waals surface area (Å²) >= 11 is 0. The summed E-state index contributed by atoms with van der Waals surface area (Å²) in [6, 6.07) is 15.9. The van der Waals surface area contributed by atoms with Crippen molar-refractivity contribution in [3.05, 3.63) is 54.1 Å². The van der Waals surface area contributed by atoms with Crippen LogP contribution in [0.25, 0.3) is 0 Å². The highest BCUT2D eigenvalue weighted by molar-refractivity contribution is 5.89. The predicted octanol–water partition coefficient (Wildman–Crippen LogP) is 4.19. The minimum Gasteiger partial charge on any atom is -0.493 e. The summed E-state index contributed by atoms with van der Waals surface area (Å²) in [5.74, 6) is 1.89. The second-order valence-electron chi connectivity index (χ2n) is 6.62. The molecule has 5 nitrogen and oxygen atoms in total. The summed E-state index contributed by atoms with van der Waals surface area (Å²) < 4.78 is 10.5. The standard InChI is InChI=1S/C21H26N2O3/c1-25-19-9-8-18(15-20(19)26-2)22-21(24)23-12-10-17(11-13-23)14-16-6-4-3-5-7-16/h3-9,15,17H,10-14H2,1-2H3,(H,22,24). The third-order valence-electron chi connectivity index (χ3n) is 4.90. The van der Waals surface area contributed by atoms with Gasteiger partial charge in [0.05, 0.1) is 14.2 Å². The number of urea groups is 1. The molecule has 2 aromatic carbocycles. The topological polar surface area (TPSA) is 50.8 Å². The van der Waals surface area contributed by atoms with Crippen molar-refractivity contribution < 1.29 is 14.3 Å². The lowest BCUT2D eigenvalue weighted by atomic mass is 9.90. The molecule has 0 radical (unpaired) electrons. The van der Waals surface area contributed by atoms with Gasteiger partial charge in [0.1, 0.15) is 0 Å². The van der Waals surface area contributed by atoms with Gasteiger partial charge in [-0.2, -0.15) is 0 Å². The third kappa shape index (κ3) is 4.48. The van der Waals surface area contributed by atoms with E-state index in [2.05, 4.69) is 29.6 Å². The van der Waals surface area contributed by atoms with Crippen molar-refractivity contribution in [1.29, 1.82) is 0 Å². The van der Waals surface area contributed by atoms with E-state index in [1.807, 2.05) is 17.0 Å². The molecule has 1 saturated heterocycles. The van der Waals surface area contributed by atoms with Crippen molar-refractivity contribution in [3.63, 3.8) is 0 Å². The SMILES string of the molecule is COc1ccc(NC(=O)N2CCC(Cc3ccccc3)CC2)cc1OC. The number of amides is 2. The summed E-state index contributed by atoms with van der Waals surface area (Å²) in [5, 5.41) is 2.95. The van der Waals surface area contributed by atoms with Crippen LogP contribution in [0.15, 0.2) is 48.5 Å². The Balaban J connectivity index is 1.52. The number of hydrogen-bond donors (Lipinski definition) is 1. The van der Waals surface area contributed by atoms with Crippen LogP contribution in [-0.2, 0) is 6.42 Å². The average Bonchev–Trinajstić information content (AvgIpc) is 2.69. The van der Waals surface area contributed by atoms with Gasteiger partial charge < -0.3 is 19.7 Å². The lowest BCUT2D eigenvalue weighted by Gasteiger charge is -2.32. The van der Waals surface area contributed by atoms with Crippen LogP contribution < -0.4 is 14.8 Å². The molecule has 0 aliphatic carbocycles. The molecule has 2 aromatic rings. The fourth-order valence-corrected chi connectivity index (χ4v) is 3.40. The summed E-state index contributed by atoms with van der Waals surface area (Å²) in [7, 11) is 3.18. The lowest BCUT2D eigenvalue weighted by Crippen LogP contribution is -2.41. The zero-order valence-electron chi connectivity index (χ0n) is 15.4. The highest BCUT2D eigenvalue weighted by Crippen LogP contribution is 2.30. The zero-order valence-corrected chi connectivity index (χ0v) is 15.4. The van der Waals surface area contributed by atoms with Gasteiger partial charge in [0.2, 0.25) is 0 Å². The van der Waals surface area contributed by atoms with E-state index < -0.39 is 0 Å². The van der Waals surface area contributed by atoms with Gasteiger partial charge in [-0.1, -0.05) is 30.3 Å². The average molecular weight is 354 g/mol. The highest BCUT2D eigenvalue weighted by Gasteiger charge is 2.23. The number of methoxy groups -OCH3 is 2. The number of carbonyl (C=O) groups excluding carboxylic acids is 1. The number of rotatable bonds is 5. The quantitative estimate of drug-likeness (QED) is 0.876. The molecule has 138 valence electrons. The maximum absolute atomic E-state index is 12.5. The van der Waals surface area contributed by atoms with E-state index in [1.165, 1.54) is 5.56 Å². The molecule has 3 rings (SSSR count). The summed E-state index contributed by atoms with van der Waals surface area (Å²) in [6.45, 7) is 1.58. The number of anilines is 1. The van der Waals surface area contributed by atoms with Crippen molar-refractivity contribution in [3.8, 4) is 11.5 Å². The smallest absolute Gasteiger partial charge is 0.321 e. The van der Waals surface area contributed by atoms with E-state index in [4.69, 9.17) is 9.47 Å². The van der Waals surface area contributed by atoms with E-state index in [0.29, 0.717) is 23.1 Å². The van der Waals surface area contributed by atoms with E-state index in [-0.39, 0.29) is 6.03 Å². The van der Waals surface area contributed by atoms with Crippen molar-refractivity contribution in [2.45, 2.75) is 19.3 Å². The number of likely N-dealkylation sites (tertiary alicyclic amines) is 1. The molecule has 2 amide bonds. The number of ether oxygens (including phenoxy) is 2. The summed E-state index contributed by atoms with van der Waals surface area (Å²) in [6.07, 6.45) is 3.16. The maximum atomic E-state index is 12.5. The molecule has 0 aromatic heterocycles. The van der Waals surface area contributed by atoms with Gasteiger partial charge in [0, 0.05) is 24.8 Å². The zero-order chi connectivity index (χ0) is 18.4. The van der Waals surface area contributed by atoms with Crippen LogP contribution in [-0.4, -0.2) is 38.2 Å². The summed E-state index contributed by atoms with van der Waals surface area (Å²) in [5.41, 5.74) is 2.08. The molecule has 1 fully saturated rings. The second kappa shape index (κ2) is 8.61. The monoisotopic (exact) mass is 354 g/mol. The lowest BCUT2D eigenvalue weighted by molar-refractivity contribution is 0.182. The molecule has 1 heterocycles. The van der Waals surface area contributed by atoms with Crippen LogP contribution in [0, 0.1) is 5.92 Å². The Kier molecular flexibility index (Phi) is 6.00. The number of nitrogens with one attached hydrogen (secondary N) is 1. The van der Waals surface area contributed by atoms with Crippen LogP contribution in [0.4, 0.5) is 10.5 Å². The van der Waals surface area contributed by atoms with Crippen LogP contribution in [0.2, 0.25) is 0 Å². The molecule has 1 N–H and O–H groups in total. The number of nitrogens with zero attached hydrogens (tertiary/aromatic N) is 1. The van der Waals surface area contributed by atoms with Gasteiger partial charge in [0.25, 0.3) is 0 Å². The number of carbonyl (C=O) groups is 1. The van der Waals surface area contributed by atoms with Crippen molar-refractivity contribution in [2.75, 3.05) is 32.6 Å². The van der Waals surface area contributed by atoms with Gasteiger partial charge in [-0.3, -0.25) is 0 Å². The van der Waals surface area contributed by atoms with E-state index in [9.17, 15) is 4.79 Å². The Morgan fingerprint density at radius 3 is 2.38 bits per heavy atom. The fraction of sp³-hybridized carbons (Fsp3) is 0.381. The minimum atomic E-state index is -0.0598. The first kappa shape index (κ1) is 18.1. The molecule has 0 unspecified atom stereocenters. The largest absolute Gasteiger partial charge is 0.493 e. The Morgan fingerprint density at radius 1 is 1.04 bits per heavy atom. The van der Waals surface area contributed by atoms with Crippen LogP contribution in [0.5, 0.6) is 11.5 Å². The molecule has 0 bridgehead atoms. The Morgan fingerprint density at radius 2 is 1.73 bits per heavy atom. The van der Waals surface area contributed by atoms with Gasteiger partial charge in [-0.15, -0.1) is 0 Å². The van der Waals surface area contributed by atoms with Crippen molar-refractivity contribution in [1.82, 2.24) is 4.90 Å². The number of piperidine rings is 1. The first-order valence-corrected chi connectivity index (χ1v) is 9.01. The van der Waals surface area contributed by atoms with Crippen LogP contribution in [0.1, 0.15) is 18.4 Å². The normalized spacial score (nSPS) is 14.8. The number of benzene rings is 2. The van der Waals surface area contributed by atoms with Gasteiger partial charge in [-0.05, 0) is 42.9 Å². The van der Waals surface area contributed by atoms with Gasteiger partial charge >= 0.3 is 6.03 Å². The Bertz CT molecular complexity index is 725. The first-order chi connectivity index (χ1) is 12.7. The molecular formula is C21H26N2O3. The highest BCUT2D eigenvalue weighted by atomic mass is 16.5. The molecular weight excluding hydrogens is 328 g/mol. The van der Waals surface area contributed by atoms with Crippen molar-refractivity contribution >= 4 is 11.7 Å². The van der Waals surface area contributed by atoms with E-state index >= 15 is 0 Å². The molecule has 1 aliphatic heterocycles. The van der Waals surface area contributed by atoms with Crippen LogP contribution >= 0.6 is 0 Å². The van der Waals surface area contributed by atoms with Gasteiger partial charge in [-0.25, -0.2) is 4.79 Å². The van der Waals surface area contributed by atoms with Crippen LogP contribution in [0.3, 0.4) is 0 Å². The molecule has 5 heteroatoms. The minimum absolute atomic E-state index is 0.0598. The Hall–Kier alpha value is -2.69. The Labute approximate surface area is 154 Å². The van der Waals surface area contributed by atoms with E-state index in [0.717, 1.165) is 32.4 Å². The predicted molar refractivity (Wildman–Crippen MR) is 103 cm³/mol. The van der Waals surface area contributed by atoms with Crippen molar-refractivity contribution in [2.24, 2.45) is 5.92 Å². The number of hydrogen-bond acceptors (Lipinski definition) is 3.